The van der Waals surface area contributed by atoms with Gasteiger partial charge in [0.15, 0.2) is 0 Å². The number of nitrogens with one attached hydrogen (secondary N) is 2. The van der Waals surface area contributed by atoms with Gasteiger partial charge in [-0.3, -0.25) is 9.48 Å². The largest absolute Gasteiger partial charge is 0.370 e. The molecule has 6 heteroatoms. The first-order valence-corrected chi connectivity index (χ1v) is 9.47. The van der Waals surface area contributed by atoms with Gasteiger partial charge in [-0.15, -0.1) is 0 Å². The minimum absolute atomic E-state index is 0.0727. The Morgan fingerprint density at radius 1 is 1.31 bits per heavy atom. The van der Waals surface area contributed by atoms with E-state index < -0.39 is 5.54 Å². The summed E-state index contributed by atoms with van der Waals surface area (Å²) < 4.78 is 1.84. The molecular weight excluding hydrogens is 326 g/mol. The van der Waals surface area contributed by atoms with Crippen LogP contribution in [0.4, 0.5) is 5.69 Å². The Labute approximate surface area is 155 Å². The van der Waals surface area contributed by atoms with E-state index in [1.54, 1.807) is 6.20 Å². The molecule has 1 aromatic heterocycles. The zero-order chi connectivity index (χ0) is 18.4. The van der Waals surface area contributed by atoms with Crippen molar-refractivity contribution in [3.8, 4) is 0 Å². The summed E-state index contributed by atoms with van der Waals surface area (Å²) in [5.74, 6) is 0.0727. The van der Waals surface area contributed by atoms with Crippen molar-refractivity contribution < 1.29 is 4.79 Å². The maximum Gasteiger partial charge on any atom is 0.248 e. The van der Waals surface area contributed by atoms with Gasteiger partial charge in [0.25, 0.3) is 0 Å². The first-order chi connectivity index (χ1) is 12.7. The molecule has 0 spiro atoms. The molecule has 26 heavy (non-hydrogen) atoms. The number of carbonyl (C=O) groups is 1. The Morgan fingerprint density at radius 3 is 2.73 bits per heavy atom. The van der Waals surface area contributed by atoms with Gasteiger partial charge in [-0.2, -0.15) is 5.10 Å². The third-order valence-corrected chi connectivity index (χ3v) is 5.30. The van der Waals surface area contributed by atoms with Crippen molar-refractivity contribution in [3.05, 3.63) is 48.3 Å². The Bertz CT molecular complexity index is 707. The average Bonchev–Trinajstić information content (AvgIpc) is 3.22. The molecule has 2 heterocycles. The molecule has 0 bridgehead atoms. The van der Waals surface area contributed by atoms with Gasteiger partial charge >= 0.3 is 0 Å². The summed E-state index contributed by atoms with van der Waals surface area (Å²) in [6.45, 7) is 8.26. The summed E-state index contributed by atoms with van der Waals surface area (Å²) in [6.07, 6.45) is 5.16. The number of piperidine rings is 1. The maximum atomic E-state index is 13.1. The molecule has 1 aromatic carbocycles. The highest BCUT2D eigenvalue weighted by molar-refractivity contribution is 5.84. The van der Waals surface area contributed by atoms with E-state index in [-0.39, 0.29) is 5.91 Å². The van der Waals surface area contributed by atoms with Crippen molar-refractivity contribution in [3.63, 3.8) is 0 Å². The van der Waals surface area contributed by atoms with E-state index in [1.165, 1.54) is 11.3 Å². The number of amides is 1. The SMILES string of the molecule is CCN(CCNC(=O)C1(n2cccn2)CCNCC1)c1ccccc1C. The Kier molecular flexibility index (Phi) is 5.93. The Hall–Kier alpha value is -2.34. The van der Waals surface area contributed by atoms with E-state index in [0.29, 0.717) is 6.54 Å². The molecule has 0 unspecified atom stereocenters. The summed E-state index contributed by atoms with van der Waals surface area (Å²) in [5, 5.41) is 10.9. The molecule has 1 aliphatic heterocycles. The highest BCUT2D eigenvalue weighted by Crippen LogP contribution is 2.27. The highest BCUT2D eigenvalue weighted by atomic mass is 16.2. The van der Waals surface area contributed by atoms with Crippen LogP contribution in [0.5, 0.6) is 0 Å². The number of aromatic nitrogens is 2. The van der Waals surface area contributed by atoms with Crippen molar-refractivity contribution >= 4 is 11.6 Å². The van der Waals surface area contributed by atoms with Gasteiger partial charge in [0, 0.05) is 37.7 Å². The van der Waals surface area contributed by atoms with Crippen molar-refractivity contribution in [2.45, 2.75) is 32.2 Å². The van der Waals surface area contributed by atoms with Gasteiger partial charge in [-0.05, 0) is 57.5 Å². The number of nitrogens with zero attached hydrogens (tertiary/aromatic N) is 3. The zero-order valence-electron chi connectivity index (χ0n) is 15.7. The number of hydrogen-bond donors (Lipinski definition) is 2. The minimum Gasteiger partial charge on any atom is -0.370 e. The number of hydrogen-bond acceptors (Lipinski definition) is 4. The van der Waals surface area contributed by atoms with Crippen LogP contribution in [0.15, 0.2) is 42.7 Å². The van der Waals surface area contributed by atoms with E-state index in [9.17, 15) is 4.79 Å². The molecule has 140 valence electrons. The molecule has 0 saturated carbocycles. The molecule has 1 aliphatic rings. The fourth-order valence-electron chi connectivity index (χ4n) is 3.76. The second-order valence-corrected chi connectivity index (χ2v) is 6.85. The molecular formula is C20H29N5O. The topological polar surface area (TPSA) is 62.2 Å². The summed E-state index contributed by atoms with van der Waals surface area (Å²) >= 11 is 0. The maximum absolute atomic E-state index is 13.1. The summed E-state index contributed by atoms with van der Waals surface area (Å²) in [6, 6.07) is 10.3. The lowest BCUT2D eigenvalue weighted by atomic mass is 9.87. The quantitative estimate of drug-likeness (QED) is 0.796. The molecule has 0 aliphatic carbocycles. The molecule has 0 radical (unpaired) electrons. The first-order valence-electron chi connectivity index (χ1n) is 9.47. The van der Waals surface area contributed by atoms with E-state index in [4.69, 9.17) is 0 Å². The van der Waals surface area contributed by atoms with Crippen LogP contribution in [0, 0.1) is 6.92 Å². The van der Waals surface area contributed by atoms with Gasteiger partial charge in [0.05, 0.1) is 0 Å². The lowest BCUT2D eigenvalue weighted by molar-refractivity contribution is -0.131. The van der Waals surface area contributed by atoms with Crippen LogP contribution < -0.4 is 15.5 Å². The third kappa shape index (κ3) is 3.75. The molecule has 1 fully saturated rings. The fourth-order valence-corrected chi connectivity index (χ4v) is 3.76. The van der Waals surface area contributed by atoms with Gasteiger partial charge in [0.1, 0.15) is 5.54 Å². The molecule has 1 amide bonds. The van der Waals surface area contributed by atoms with Crippen LogP contribution in [-0.4, -0.2) is 48.4 Å². The zero-order valence-corrected chi connectivity index (χ0v) is 15.7. The number of rotatable bonds is 7. The molecule has 2 aromatic rings. The van der Waals surface area contributed by atoms with Gasteiger partial charge in [-0.1, -0.05) is 18.2 Å². The van der Waals surface area contributed by atoms with Crippen molar-refractivity contribution in [1.82, 2.24) is 20.4 Å². The highest BCUT2D eigenvalue weighted by Gasteiger charge is 2.41. The van der Waals surface area contributed by atoms with Crippen molar-refractivity contribution in [2.24, 2.45) is 0 Å². The van der Waals surface area contributed by atoms with Crippen LogP contribution in [0.3, 0.4) is 0 Å². The van der Waals surface area contributed by atoms with Gasteiger partial charge < -0.3 is 15.5 Å². The second kappa shape index (κ2) is 8.36. The Morgan fingerprint density at radius 2 is 2.08 bits per heavy atom. The normalized spacial score (nSPS) is 16.2. The number of benzene rings is 1. The number of likely N-dealkylation sites (N-methyl/N-ethyl adjacent to an activating group) is 1. The summed E-state index contributed by atoms with van der Waals surface area (Å²) in [4.78, 5) is 15.4. The van der Waals surface area contributed by atoms with Crippen LogP contribution in [0.1, 0.15) is 25.3 Å². The van der Waals surface area contributed by atoms with E-state index in [2.05, 4.69) is 58.7 Å². The second-order valence-electron chi connectivity index (χ2n) is 6.85. The lowest BCUT2D eigenvalue weighted by Gasteiger charge is -2.36. The molecule has 1 saturated heterocycles. The predicted molar refractivity (Wildman–Crippen MR) is 104 cm³/mol. The minimum atomic E-state index is -0.575. The molecule has 0 atom stereocenters. The Balaban J connectivity index is 1.64. The number of para-hydroxylation sites is 1. The smallest absolute Gasteiger partial charge is 0.248 e. The summed E-state index contributed by atoms with van der Waals surface area (Å²) in [7, 11) is 0. The molecule has 3 rings (SSSR count). The fraction of sp³-hybridized carbons (Fsp3) is 0.500. The molecule has 2 N–H and O–H groups in total. The number of anilines is 1. The lowest BCUT2D eigenvalue weighted by Crippen LogP contribution is -2.55. The van der Waals surface area contributed by atoms with Gasteiger partial charge in [-0.25, -0.2) is 0 Å². The number of carbonyl (C=O) groups excluding carboxylic acids is 1. The van der Waals surface area contributed by atoms with Crippen LogP contribution >= 0.6 is 0 Å². The van der Waals surface area contributed by atoms with Gasteiger partial charge in [0.2, 0.25) is 5.91 Å². The van der Waals surface area contributed by atoms with Crippen LogP contribution in [-0.2, 0) is 10.3 Å². The van der Waals surface area contributed by atoms with E-state index in [1.807, 2.05) is 16.9 Å². The predicted octanol–water partition coefficient (Wildman–Crippen LogP) is 1.91. The van der Waals surface area contributed by atoms with Crippen molar-refractivity contribution in [1.29, 1.82) is 0 Å². The monoisotopic (exact) mass is 355 g/mol. The third-order valence-electron chi connectivity index (χ3n) is 5.30. The van der Waals surface area contributed by atoms with Crippen LogP contribution in [0.2, 0.25) is 0 Å². The average molecular weight is 355 g/mol. The van der Waals surface area contributed by atoms with E-state index in [0.717, 1.165) is 39.0 Å². The summed E-state index contributed by atoms with van der Waals surface area (Å²) in [5.41, 5.74) is 1.91. The first kappa shape index (κ1) is 18.5. The molecule has 6 nitrogen and oxygen atoms in total. The van der Waals surface area contributed by atoms with E-state index >= 15 is 0 Å². The standard InChI is InChI=1S/C20H29N5O/c1-3-24(18-8-5-4-7-17(18)2)16-14-22-19(26)20(9-12-21-13-10-20)25-15-6-11-23-25/h4-8,11,15,21H,3,9-10,12-14,16H2,1-2H3,(H,22,26). The van der Waals surface area contributed by atoms with Crippen molar-refractivity contribution in [2.75, 3.05) is 37.6 Å². The van der Waals surface area contributed by atoms with Crippen LogP contribution in [0.25, 0.3) is 0 Å². The number of aryl methyl sites for hydroxylation is 1.